The van der Waals surface area contributed by atoms with Crippen LogP contribution in [-0.4, -0.2) is 71.3 Å². The molecule has 0 saturated carbocycles. The van der Waals surface area contributed by atoms with Crippen molar-refractivity contribution in [2.75, 3.05) is 32.1 Å². The molecule has 2 aromatic rings. The SMILES string of the molecule is CN(Cc1csc(NC(=O)NCc2cccc(F)c2)n1)C(=O)C1CN(C(=O)OC(C)(C)C)CCO1. The molecule has 1 unspecified atom stereocenters. The first kappa shape index (κ1) is 26.4. The number of likely N-dealkylation sites (N-methyl/N-ethyl adjacent to an activating group) is 1. The topological polar surface area (TPSA) is 113 Å². The van der Waals surface area contributed by atoms with E-state index in [0.717, 1.165) is 0 Å². The van der Waals surface area contributed by atoms with E-state index >= 15 is 0 Å². The quantitative estimate of drug-likeness (QED) is 0.621. The zero-order valence-corrected chi connectivity index (χ0v) is 21.0. The highest BCUT2D eigenvalue weighted by atomic mass is 32.1. The number of aromatic nitrogens is 1. The molecular formula is C23H30FN5O5S. The van der Waals surface area contributed by atoms with Gasteiger partial charge in [-0.2, -0.15) is 0 Å². The van der Waals surface area contributed by atoms with Crippen LogP contribution in [0.4, 0.5) is 19.1 Å². The molecule has 1 aromatic carbocycles. The van der Waals surface area contributed by atoms with Gasteiger partial charge in [0.05, 0.1) is 25.4 Å². The largest absolute Gasteiger partial charge is 0.444 e. The predicted molar refractivity (Wildman–Crippen MR) is 128 cm³/mol. The van der Waals surface area contributed by atoms with Gasteiger partial charge in [0.1, 0.15) is 11.4 Å². The molecule has 1 saturated heterocycles. The average molecular weight is 508 g/mol. The third-order valence-electron chi connectivity index (χ3n) is 4.88. The van der Waals surface area contributed by atoms with E-state index < -0.39 is 23.8 Å². The number of carbonyl (C=O) groups is 3. The van der Waals surface area contributed by atoms with E-state index in [1.165, 1.54) is 33.3 Å². The Hall–Kier alpha value is -3.25. The maximum Gasteiger partial charge on any atom is 0.410 e. The Morgan fingerprint density at radius 3 is 2.83 bits per heavy atom. The van der Waals surface area contributed by atoms with E-state index in [-0.39, 0.29) is 38.0 Å². The third-order valence-corrected chi connectivity index (χ3v) is 5.69. The molecule has 1 aliphatic rings. The van der Waals surface area contributed by atoms with E-state index in [9.17, 15) is 18.8 Å². The number of nitrogens with one attached hydrogen (secondary N) is 2. The van der Waals surface area contributed by atoms with Gasteiger partial charge in [-0.25, -0.2) is 19.0 Å². The molecule has 3 rings (SSSR count). The van der Waals surface area contributed by atoms with Crippen molar-refractivity contribution in [3.8, 4) is 0 Å². The maximum atomic E-state index is 13.2. The highest BCUT2D eigenvalue weighted by Gasteiger charge is 2.33. The van der Waals surface area contributed by atoms with Crippen LogP contribution >= 0.6 is 11.3 Å². The van der Waals surface area contributed by atoms with Crippen molar-refractivity contribution in [1.82, 2.24) is 20.1 Å². The van der Waals surface area contributed by atoms with Crippen molar-refractivity contribution in [1.29, 1.82) is 0 Å². The molecule has 1 aromatic heterocycles. The van der Waals surface area contributed by atoms with Crippen LogP contribution in [0.5, 0.6) is 0 Å². The number of anilines is 1. The summed E-state index contributed by atoms with van der Waals surface area (Å²) in [5, 5.41) is 7.37. The summed E-state index contributed by atoms with van der Waals surface area (Å²) in [4.78, 5) is 44.6. The second kappa shape index (κ2) is 11.5. The molecular weight excluding hydrogens is 477 g/mol. The molecule has 4 amide bonds. The lowest BCUT2D eigenvalue weighted by molar-refractivity contribution is -0.148. The van der Waals surface area contributed by atoms with Gasteiger partial charge in [0.15, 0.2) is 11.2 Å². The number of hydrogen-bond acceptors (Lipinski definition) is 7. The Morgan fingerprint density at radius 2 is 2.11 bits per heavy atom. The van der Waals surface area contributed by atoms with Gasteiger partial charge in [0.25, 0.3) is 5.91 Å². The lowest BCUT2D eigenvalue weighted by atomic mass is 10.2. The van der Waals surface area contributed by atoms with Crippen molar-refractivity contribution in [3.05, 3.63) is 46.7 Å². The fraction of sp³-hybridized carbons (Fsp3) is 0.478. The lowest BCUT2D eigenvalue weighted by Gasteiger charge is -2.34. The zero-order chi connectivity index (χ0) is 25.6. The van der Waals surface area contributed by atoms with E-state index in [2.05, 4.69) is 15.6 Å². The van der Waals surface area contributed by atoms with E-state index in [0.29, 0.717) is 22.9 Å². The summed E-state index contributed by atoms with van der Waals surface area (Å²) >= 11 is 1.22. The second-order valence-corrected chi connectivity index (χ2v) is 9.92. The van der Waals surface area contributed by atoms with Gasteiger partial charge in [-0.1, -0.05) is 12.1 Å². The Bertz CT molecular complexity index is 1060. The summed E-state index contributed by atoms with van der Waals surface area (Å²) in [5.41, 5.74) is 0.597. The summed E-state index contributed by atoms with van der Waals surface area (Å²) in [6, 6.07) is 5.48. The van der Waals surface area contributed by atoms with E-state index in [1.54, 1.807) is 45.3 Å². The summed E-state index contributed by atoms with van der Waals surface area (Å²) in [5.74, 6) is -0.655. The number of ether oxygens (including phenoxy) is 2. The number of hydrogen-bond donors (Lipinski definition) is 2. The van der Waals surface area contributed by atoms with Crippen LogP contribution in [0, 0.1) is 5.82 Å². The molecule has 0 spiro atoms. The second-order valence-electron chi connectivity index (χ2n) is 9.06. The molecule has 2 heterocycles. The van der Waals surface area contributed by atoms with Crippen molar-refractivity contribution >= 4 is 34.5 Å². The number of amides is 4. The minimum absolute atomic E-state index is 0.105. The predicted octanol–water partition coefficient (Wildman–Crippen LogP) is 3.20. The fourth-order valence-electron chi connectivity index (χ4n) is 3.27. The molecule has 1 atom stereocenters. The normalized spacial score (nSPS) is 15.9. The number of urea groups is 1. The highest BCUT2D eigenvalue weighted by molar-refractivity contribution is 7.13. The first-order valence-corrected chi connectivity index (χ1v) is 12.0. The van der Waals surface area contributed by atoms with Gasteiger partial charge in [0.2, 0.25) is 0 Å². The first-order chi connectivity index (χ1) is 16.5. The average Bonchev–Trinajstić information content (AvgIpc) is 3.22. The first-order valence-electron chi connectivity index (χ1n) is 11.1. The van der Waals surface area contributed by atoms with Crippen molar-refractivity contribution in [3.63, 3.8) is 0 Å². The molecule has 0 aliphatic carbocycles. The molecule has 10 nitrogen and oxygen atoms in total. The van der Waals surface area contributed by atoms with Crippen LogP contribution < -0.4 is 10.6 Å². The maximum absolute atomic E-state index is 13.2. The zero-order valence-electron chi connectivity index (χ0n) is 20.2. The number of halogens is 1. The third kappa shape index (κ3) is 8.18. The van der Waals surface area contributed by atoms with Gasteiger partial charge >= 0.3 is 12.1 Å². The van der Waals surface area contributed by atoms with Crippen molar-refractivity contribution < 1.29 is 28.2 Å². The molecule has 12 heteroatoms. The van der Waals surface area contributed by atoms with Crippen LogP contribution in [0.15, 0.2) is 29.6 Å². The standard InChI is InChI=1S/C23H30FN5O5S/c1-23(2,3)34-22(32)29-8-9-33-18(13-29)19(30)28(4)12-17-14-35-21(26-17)27-20(31)25-11-15-6-5-7-16(24)10-15/h5-7,10,14,18H,8-9,11-13H2,1-4H3,(H2,25,26,27,31). The van der Waals surface area contributed by atoms with E-state index in [1.807, 2.05) is 0 Å². The van der Waals surface area contributed by atoms with Crippen molar-refractivity contribution in [2.24, 2.45) is 0 Å². The van der Waals surface area contributed by atoms with Crippen molar-refractivity contribution in [2.45, 2.75) is 45.6 Å². The molecule has 2 N–H and O–H groups in total. The molecule has 0 radical (unpaired) electrons. The van der Waals surface area contributed by atoms with Crippen LogP contribution in [0.25, 0.3) is 0 Å². The number of thiazole rings is 1. The molecule has 1 aliphatic heterocycles. The lowest BCUT2D eigenvalue weighted by Crippen LogP contribution is -2.52. The summed E-state index contributed by atoms with van der Waals surface area (Å²) in [7, 11) is 1.62. The molecule has 0 bridgehead atoms. The smallest absolute Gasteiger partial charge is 0.410 e. The Balaban J connectivity index is 1.48. The van der Waals surface area contributed by atoms with Gasteiger partial charge < -0.3 is 24.6 Å². The Kier molecular flexibility index (Phi) is 8.62. The van der Waals surface area contributed by atoms with E-state index in [4.69, 9.17) is 9.47 Å². The van der Waals surface area contributed by atoms with Gasteiger partial charge in [-0.15, -0.1) is 11.3 Å². The molecule has 35 heavy (non-hydrogen) atoms. The highest BCUT2D eigenvalue weighted by Crippen LogP contribution is 2.18. The Labute approximate surface area is 207 Å². The Morgan fingerprint density at radius 1 is 1.34 bits per heavy atom. The number of morpholine rings is 1. The number of rotatable bonds is 6. The number of nitrogens with zero attached hydrogens (tertiary/aromatic N) is 3. The number of carbonyl (C=O) groups excluding carboxylic acids is 3. The minimum atomic E-state index is -0.800. The van der Waals surface area contributed by atoms with Crippen LogP contribution in [0.3, 0.4) is 0 Å². The minimum Gasteiger partial charge on any atom is -0.444 e. The van der Waals surface area contributed by atoms with Gasteiger partial charge in [-0.05, 0) is 38.5 Å². The summed E-state index contributed by atoms with van der Waals surface area (Å²) in [6.07, 6.45) is -1.28. The summed E-state index contributed by atoms with van der Waals surface area (Å²) < 4.78 is 24.2. The van der Waals surface area contributed by atoms with Crippen LogP contribution in [0.1, 0.15) is 32.0 Å². The van der Waals surface area contributed by atoms with Gasteiger partial charge in [0, 0.05) is 25.5 Å². The molecule has 1 fully saturated rings. The van der Waals surface area contributed by atoms with Crippen LogP contribution in [0.2, 0.25) is 0 Å². The monoisotopic (exact) mass is 507 g/mol. The van der Waals surface area contributed by atoms with Crippen LogP contribution in [-0.2, 0) is 27.4 Å². The fourth-order valence-corrected chi connectivity index (χ4v) is 3.96. The summed E-state index contributed by atoms with van der Waals surface area (Å²) in [6.45, 7) is 6.42. The molecule has 190 valence electrons. The number of benzene rings is 1. The van der Waals surface area contributed by atoms with Gasteiger partial charge in [-0.3, -0.25) is 10.1 Å².